The van der Waals surface area contributed by atoms with E-state index in [0.29, 0.717) is 30.9 Å². The maximum absolute atomic E-state index is 12.3. The fourth-order valence-electron chi connectivity index (χ4n) is 3.22. The van der Waals surface area contributed by atoms with Crippen LogP contribution in [0.15, 0.2) is 18.2 Å². The number of carbonyl (C=O) groups is 2. The van der Waals surface area contributed by atoms with Gasteiger partial charge in [-0.15, -0.1) is 0 Å². The lowest BCUT2D eigenvalue weighted by atomic mass is 10.1. The normalized spacial score (nSPS) is 11.8. The molecule has 7 heteroatoms. The molecule has 0 radical (unpaired) electrons. The number of amides is 1. The summed E-state index contributed by atoms with van der Waals surface area (Å²) in [7, 11) is -0.632. The van der Waals surface area contributed by atoms with Crippen LogP contribution in [-0.4, -0.2) is 39.3 Å². The molecule has 1 aromatic rings. The second-order valence-corrected chi connectivity index (χ2v) is 9.77. The number of rotatable bonds is 18. The van der Waals surface area contributed by atoms with Gasteiger partial charge >= 0.3 is 5.97 Å². The van der Waals surface area contributed by atoms with E-state index in [4.69, 9.17) is 9.84 Å². The average molecular weight is 454 g/mol. The first-order valence-corrected chi connectivity index (χ1v) is 13.0. The molecular weight excluding hydrogens is 414 g/mol. The van der Waals surface area contributed by atoms with Gasteiger partial charge < -0.3 is 15.2 Å². The Morgan fingerprint density at radius 3 is 2.26 bits per heavy atom. The van der Waals surface area contributed by atoms with Crippen molar-refractivity contribution in [1.29, 1.82) is 0 Å². The number of hydrogen-bond donors (Lipinski definition) is 2. The van der Waals surface area contributed by atoms with E-state index in [1.165, 1.54) is 19.3 Å². The Kier molecular flexibility index (Phi) is 14.7. The molecule has 0 bridgehead atoms. The highest BCUT2D eigenvalue weighted by Crippen LogP contribution is 2.26. The molecular formula is C24H39NO5S. The lowest BCUT2D eigenvalue weighted by Gasteiger charge is -2.13. The second kappa shape index (κ2) is 16.8. The fourth-order valence-corrected chi connectivity index (χ4v) is 4.04. The quantitative estimate of drug-likeness (QED) is 0.288. The summed E-state index contributed by atoms with van der Waals surface area (Å²) < 4.78 is 17.0. The van der Waals surface area contributed by atoms with E-state index in [0.717, 1.165) is 49.2 Å². The Balaban J connectivity index is 2.19. The van der Waals surface area contributed by atoms with Gasteiger partial charge in [0, 0.05) is 35.1 Å². The summed E-state index contributed by atoms with van der Waals surface area (Å²) in [6.45, 7) is 4.21. The summed E-state index contributed by atoms with van der Waals surface area (Å²) in [5.74, 6) is 1.32. The van der Waals surface area contributed by atoms with Gasteiger partial charge in [0.15, 0.2) is 0 Å². The van der Waals surface area contributed by atoms with Gasteiger partial charge in [0.1, 0.15) is 5.75 Å². The largest absolute Gasteiger partial charge is 0.491 e. The zero-order valence-corrected chi connectivity index (χ0v) is 19.9. The van der Waals surface area contributed by atoms with Crippen LogP contribution in [0, 0.1) is 6.92 Å². The molecule has 0 aliphatic heterocycles. The van der Waals surface area contributed by atoms with Crippen molar-refractivity contribution >= 4 is 28.4 Å². The van der Waals surface area contributed by atoms with E-state index in [-0.39, 0.29) is 12.3 Å². The molecule has 1 aromatic carbocycles. The molecule has 0 aliphatic carbocycles. The van der Waals surface area contributed by atoms with Crippen LogP contribution in [0.2, 0.25) is 0 Å². The van der Waals surface area contributed by atoms with E-state index >= 15 is 0 Å². The first-order chi connectivity index (χ1) is 14.9. The predicted octanol–water partition coefficient (Wildman–Crippen LogP) is 5.46. The third-order valence-electron chi connectivity index (χ3n) is 5.05. The van der Waals surface area contributed by atoms with Gasteiger partial charge in [-0.2, -0.15) is 0 Å². The highest BCUT2D eigenvalue weighted by Gasteiger charge is 2.09. The molecule has 0 aliphatic rings. The van der Waals surface area contributed by atoms with Crippen molar-refractivity contribution in [3.63, 3.8) is 0 Å². The van der Waals surface area contributed by atoms with Crippen LogP contribution in [0.1, 0.15) is 83.1 Å². The van der Waals surface area contributed by atoms with E-state index in [1.54, 1.807) is 0 Å². The van der Waals surface area contributed by atoms with E-state index in [9.17, 15) is 13.8 Å². The third kappa shape index (κ3) is 13.9. The molecule has 0 heterocycles. The van der Waals surface area contributed by atoms with Gasteiger partial charge in [-0.25, -0.2) is 0 Å². The van der Waals surface area contributed by atoms with Crippen LogP contribution in [0.3, 0.4) is 0 Å². The number of ether oxygens (including phenoxy) is 1. The van der Waals surface area contributed by atoms with Crippen molar-refractivity contribution in [2.45, 2.75) is 84.5 Å². The van der Waals surface area contributed by atoms with Crippen LogP contribution in [0.4, 0.5) is 5.69 Å². The number of carboxylic acid groups (broad SMARTS) is 1. The number of benzene rings is 1. The van der Waals surface area contributed by atoms with Gasteiger partial charge in [0.2, 0.25) is 5.91 Å². The maximum atomic E-state index is 12.3. The second-order valence-electron chi connectivity index (χ2n) is 7.90. The van der Waals surface area contributed by atoms with Gasteiger partial charge in [0.25, 0.3) is 0 Å². The van der Waals surface area contributed by atoms with Gasteiger partial charge in [-0.05, 0) is 43.9 Å². The number of nitrogens with one attached hydrogen (secondary N) is 1. The minimum absolute atomic E-state index is 0.0248. The zero-order chi connectivity index (χ0) is 22.9. The molecule has 1 atom stereocenters. The van der Waals surface area contributed by atoms with Crippen molar-refractivity contribution < 1.29 is 23.6 Å². The number of aryl methyl sites for hydroxylation is 1. The van der Waals surface area contributed by atoms with Crippen molar-refractivity contribution in [3.05, 3.63) is 23.8 Å². The summed E-state index contributed by atoms with van der Waals surface area (Å²) in [5.41, 5.74) is 1.65. The molecule has 0 saturated carbocycles. The number of unbranched alkanes of at least 4 members (excludes halogenated alkanes) is 7. The zero-order valence-electron chi connectivity index (χ0n) is 19.1. The van der Waals surface area contributed by atoms with Gasteiger partial charge in [0.05, 0.1) is 12.3 Å². The summed E-state index contributed by atoms with van der Waals surface area (Å²) in [6.07, 6.45) is 9.82. The molecule has 6 nitrogen and oxygen atoms in total. The van der Waals surface area contributed by atoms with Crippen LogP contribution in [0.5, 0.6) is 5.75 Å². The van der Waals surface area contributed by atoms with Gasteiger partial charge in [-0.1, -0.05) is 51.5 Å². The third-order valence-corrected chi connectivity index (χ3v) is 6.44. The Morgan fingerprint density at radius 2 is 1.61 bits per heavy atom. The lowest BCUT2D eigenvalue weighted by Crippen LogP contribution is -2.13. The van der Waals surface area contributed by atoms with Crippen LogP contribution in [0.25, 0.3) is 0 Å². The van der Waals surface area contributed by atoms with Gasteiger partial charge in [-0.3, -0.25) is 13.8 Å². The summed E-state index contributed by atoms with van der Waals surface area (Å²) >= 11 is 0. The van der Waals surface area contributed by atoms with Crippen LogP contribution >= 0.6 is 0 Å². The van der Waals surface area contributed by atoms with E-state index in [2.05, 4.69) is 5.32 Å². The highest BCUT2D eigenvalue weighted by molar-refractivity contribution is 7.84. The number of hydrogen-bond acceptors (Lipinski definition) is 4. The van der Waals surface area contributed by atoms with E-state index in [1.807, 2.05) is 32.0 Å². The topological polar surface area (TPSA) is 92.7 Å². The van der Waals surface area contributed by atoms with Crippen molar-refractivity contribution in [2.24, 2.45) is 0 Å². The Bertz CT molecular complexity index is 693. The maximum Gasteiger partial charge on any atom is 0.303 e. The molecule has 0 saturated heterocycles. The number of aliphatic carboxylic acids is 1. The number of carbonyl (C=O) groups excluding carboxylic acids is 1. The lowest BCUT2D eigenvalue weighted by molar-refractivity contribution is -0.137. The minimum Gasteiger partial charge on any atom is -0.491 e. The summed E-state index contributed by atoms with van der Waals surface area (Å²) in [5, 5.41) is 11.6. The summed E-state index contributed by atoms with van der Waals surface area (Å²) in [6, 6.07) is 5.60. The fraction of sp³-hybridized carbons (Fsp3) is 0.667. The smallest absolute Gasteiger partial charge is 0.303 e. The SMILES string of the molecule is CCS(=O)CCCCCCCCCCC(=O)Nc1ccc(C)cc1OCCCC(=O)O. The monoisotopic (exact) mass is 453 g/mol. The Morgan fingerprint density at radius 1 is 0.968 bits per heavy atom. The molecule has 1 unspecified atom stereocenters. The van der Waals surface area contributed by atoms with Crippen LogP contribution in [-0.2, 0) is 20.4 Å². The molecule has 2 N–H and O–H groups in total. The van der Waals surface area contributed by atoms with Crippen molar-refractivity contribution in [2.75, 3.05) is 23.4 Å². The predicted molar refractivity (Wildman–Crippen MR) is 127 cm³/mol. The molecule has 0 aromatic heterocycles. The molecule has 0 spiro atoms. The first kappa shape index (κ1) is 27.1. The average Bonchev–Trinajstić information content (AvgIpc) is 2.73. The molecule has 31 heavy (non-hydrogen) atoms. The van der Waals surface area contributed by atoms with Crippen LogP contribution < -0.4 is 10.1 Å². The number of carboxylic acids is 1. The van der Waals surface area contributed by atoms with Crippen molar-refractivity contribution in [1.82, 2.24) is 0 Å². The Labute approximate surface area is 189 Å². The highest BCUT2D eigenvalue weighted by atomic mass is 32.2. The standard InChI is InChI=1S/C24H39NO5S/c1-3-31(29)18-11-9-7-5-4-6-8-10-13-23(26)25-21-16-15-20(2)19-22(21)30-17-12-14-24(27)28/h15-16,19H,3-14,17-18H2,1-2H3,(H,25,26)(H,27,28). The van der Waals surface area contributed by atoms with E-state index < -0.39 is 16.8 Å². The number of anilines is 1. The molecule has 1 amide bonds. The first-order valence-electron chi connectivity index (χ1n) is 11.5. The molecule has 176 valence electrons. The minimum atomic E-state index is -0.842. The summed E-state index contributed by atoms with van der Waals surface area (Å²) in [4.78, 5) is 22.9. The molecule has 1 rings (SSSR count). The Hall–Kier alpha value is -1.89. The van der Waals surface area contributed by atoms with Crippen molar-refractivity contribution in [3.8, 4) is 5.75 Å². The molecule has 0 fully saturated rings.